The first-order valence-corrected chi connectivity index (χ1v) is 6.33. The van der Waals surface area contributed by atoms with E-state index in [4.69, 9.17) is 0 Å². The largest absolute Gasteiger partial charge is 0.306 e. The van der Waals surface area contributed by atoms with Crippen LogP contribution in [0.2, 0.25) is 0 Å². The molecular formula is C17H19N. The highest BCUT2D eigenvalue weighted by atomic mass is 14.9. The van der Waals surface area contributed by atoms with Crippen molar-refractivity contribution >= 4 is 0 Å². The maximum atomic E-state index is 3.84. The lowest BCUT2D eigenvalue weighted by Crippen LogP contribution is -2.20. The average Bonchev–Trinajstić information content (AvgIpc) is 2.45. The molecule has 0 unspecified atom stereocenters. The van der Waals surface area contributed by atoms with E-state index in [-0.39, 0.29) is 0 Å². The van der Waals surface area contributed by atoms with Gasteiger partial charge in [-0.15, -0.1) is 6.58 Å². The highest BCUT2D eigenvalue weighted by Crippen LogP contribution is 2.17. The summed E-state index contributed by atoms with van der Waals surface area (Å²) in [5.41, 5.74) is 2.62. The van der Waals surface area contributed by atoms with Gasteiger partial charge in [0.1, 0.15) is 0 Å². The number of nitrogens with one attached hydrogen (secondary N) is 1. The van der Waals surface area contributed by atoms with E-state index in [1.165, 1.54) is 11.1 Å². The van der Waals surface area contributed by atoms with E-state index in [1.54, 1.807) is 0 Å². The molecule has 0 bridgehead atoms. The fourth-order valence-corrected chi connectivity index (χ4v) is 2.03. The van der Waals surface area contributed by atoms with E-state index in [0.29, 0.717) is 6.04 Å². The standard InChI is InChI=1S/C17H19N/c1-2-9-17(16-12-7-4-8-13-16)18-14-15-10-5-3-6-11-15/h2-8,10-13,17-18H,1,9,14H2/t17-/m0/s1. The number of rotatable bonds is 6. The van der Waals surface area contributed by atoms with Crippen LogP contribution < -0.4 is 5.32 Å². The molecule has 0 spiro atoms. The summed E-state index contributed by atoms with van der Waals surface area (Å²) in [7, 11) is 0. The third kappa shape index (κ3) is 3.57. The molecule has 2 aromatic carbocycles. The van der Waals surface area contributed by atoms with Crippen LogP contribution in [-0.4, -0.2) is 0 Å². The van der Waals surface area contributed by atoms with Crippen molar-refractivity contribution in [3.63, 3.8) is 0 Å². The van der Waals surface area contributed by atoms with Crippen molar-refractivity contribution in [3.05, 3.63) is 84.4 Å². The summed E-state index contributed by atoms with van der Waals surface area (Å²) in [4.78, 5) is 0. The van der Waals surface area contributed by atoms with Gasteiger partial charge in [-0.05, 0) is 17.5 Å². The van der Waals surface area contributed by atoms with Crippen LogP contribution in [0.15, 0.2) is 73.3 Å². The Morgan fingerprint density at radius 2 is 1.56 bits per heavy atom. The van der Waals surface area contributed by atoms with Crippen LogP contribution in [0, 0.1) is 0 Å². The molecule has 0 fully saturated rings. The lowest BCUT2D eigenvalue weighted by Gasteiger charge is -2.17. The Labute approximate surface area is 109 Å². The Kier molecular flexibility index (Phi) is 4.74. The minimum absolute atomic E-state index is 0.337. The van der Waals surface area contributed by atoms with Gasteiger partial charge in [0.05, 0.1) is 0 Å². The molecule has 0 aliphatic carbocycles. The normalized spacial score (nSPS) is 12.0. The van der Waals surface area contributed by atoms with Crippen LogP contribution in [0.25, 0.3) is 0 Å². The van der Waals surface area contributed by atoms with Gasteiger partial charge in [0, 0.05) is 12.6 Å². The van der Waals surface area contributed by atoms with E-state index in [2.05, 4.69) is 60.4 Å². The first-order chi connectivity index (χ1) is 8.90. The minimum Gasteiger partial charge on any atom is -0.306 e. The Morgan fingerprint density at radius 3 is 2.17 bits per heavy atom. The third-order valence-corrected chi connectivity index (χ3v) is 3.00. The zero-order valence-electron chi connectivity index (χ0n) is 10.5. The lowest BCUT2D eigenvalue weighted by molar-refractivity contribution is 0.539. The maximum absolute atomic E-state index is 3.84. The molecule has 1 nitrogen and oxygen atoms in total. The fraction of sp³-hybridized carbons (Fsp3) is 0.176. The molecule has 18 heavy (non-hydrogen) atoms. The Morgan fingerprint density at radius 1 is 0.944 bits per heavy atom. The third-order valence-electron chi connectivity index (χ3n) is 3.00. The van der Waals surface area contributed by atoms with Gasteiger partial charge < -0.3 is 5.32 Å². The summed E-state index contributed by atoms with van der Waals surface area (Å²) in [6.07, 6.45) is 2.91. The molecular weight excluding hydrogens is 218 g/mol. The molecule has 0 saturated heterocycles. The van der Waals surface area contributed by atoms with E-state index in [0.717, 1.165) is 13.0 Å². The van der Waals surface area contributed by atoms with Crippen molar-refractivity contribution in [2.24, 2.45) is 0 Å². The SMILES string of the molecule is C=CC[C@H](NCc1ccccc1)c1ccccc1. The zero-order valence-corrected chi connectivity index (χ0v) is 10.5. The molecule has 0 saturated carbocycles. The van der Waals surface area contributed by atoms with Gasteiger partial charge in [0.15, 0.2) is 0 Å². The molecule has 0 aliphatic rings. The van der Waals surface area contributed by atoms with Gasteiger partial charge in [0.25, 0.3) is 0 Å². The lowest BCUT2D eigenvalue weighted by atomic mass is 10.0. The topological polar surface area (TPSA) is 12.0 Å². The molecule has 0 heterocycles. The molecule has 1 heteroatoms. The van der Waals surface area contributed by atoms with Gasteiger partial charge in [-0.3, -0.25) is 0 Å². The predicted octanol–water partition coefficient (Wildman–Crippen LogP) is 4.09. The Balaban J connectivity index is 2.01. The van der Waals surface area contributed by atoms with Gasteiger partial charge in [0.2, 0.25) is 0 Å². The second-order valence-corrected chi connectivity index (χ2v) is 4.35. The minimum atomic E-state index is 0.337. The van der Waals surface area contributed by atoms with Gasteiger partial charge >= 0.3 is 0 Å². The average molecular weight is 237 g/mol. The number of hydrogen-bond acceptors (Lipinski definition) is 1. The van der Waals surface area contributed by atoms with Crippen molar-refractivity contribution < 1.29 is 0 Å². The van der Waals surface area contributed by atoms with Crippen molar-refractivity contribution in [1.82, 2.24) is 5.32 Å². The molecule has 1 N–H and O–H groups in total. The van der Waals surface area contributed by atoms with Gasteiger partial charge in [-0.2, -0.15) is 0 Å². The quantitative estimate of drug-likeness (QED) is 0.746. The first kappa shape index (κ1) is 12.6. The highest BCUT2D eigenvalue weighted by molar-refractivity contribution is 5.20. The fourth-order valence-electron chi connectivity index (χ4n) is 2.03. The Hall–Kier alpha value is -1.86. The zero-order chi connectivity index (χ0) is 12.6. The predicted molar refractivity (Wildman–Crippen MR) is 77.3 cm³/mol. The van der Waals surface area contributed by atoms with Crippen molar-refractivity contribution in [1.29, 1.82) is 0 Å². The molecule has 0 amide bonds. The Bertz CT molecular complexity index is 461. The van der Waals surface area contributed by atoms with Crippen LogP contribution in [0.1, 0.15) is 23.6 Å². The first-order valence-electron chi connectivity index (χ1n) is 6.33. The van der Waals surface area contributed by atoms with Gasteiger partial charge in [-0.25, -0.2) is 0 Å². The van der Waals surface area contributed by atoms with Crippen LogP contribution >= 0.6 is 0 Å². The van der Waals surface area contributed by atoms with E-state index in [1.807, 2.05) is 18.2 Å². The molecule has 1 atom stereocenters. The number of hydrogen-bond donors (Lipinski definition) is 1. The van der Waals surface area contributed by atoms with E-state index >= 15 is 0 Å². The second kappa shape index (κ2) is 6.77. The molecule has 2 aromatic rings. The van der Waals surface area contributed by atoms with Crippen LogP contribution in [0.5, 0.6) is 0 Å². The summed E-state index contributed by atoms with van der Waals surface area (Å²) in [6, 6.07) is 21.3. The molecule has 92 valence electrons. The summed E-state index contributed by atoms with van der Waals surface area (Å²) < 4.78 is 0. The molecule has 2 rings (SSSR count). The highest BCUT2D eigenvalue weighted by Gasteiger charge is 2.08. The van der Waals surface area contributed by atoms with Gasteiger partial charge in [-0.1, -0.05) is 66.7 Å². The van der Waals surface area contributed by atoms with E-state index in [9.17, 15) is 0 Å². The summed E-state index contributed by atoms with van der Waals surface area (Å²) in [5.74, 6) is 0. The van der Waals surface area contributed by atoms with Crippen molar-refractivity contribution in [2.75, 3.05) is 0 Å². The molecule has 0 aliphatic heterocycles. The van der Waals surface area contributed by atoms with Crippen LogP contribution in [0.4, 0.5) is 0 Å². The molecule has 0 radical (unpaired) electrons. The molecule has 0 aromatic heterocycles. The van der Waals surface area contributed by atoms with Crippen molar-refractivity contribution in [2.45, 2.75) is 19.0 Å². The summed E-state index contributed by atoms with van der Waals surface area (Å²) in [6.45, 7) is 4.72. The summed E-state index contributed by atoms with van der Waals surface area (Å²) in [5, 5.41) is 3.58. The number of benzene rings is 2. The summed E-state index contributed by atoms with van der Waals surface area (Å²) >= 11 is 0. The maximum Gasteiger partial charge on any atom is 0.0357 e. The monoisotopic (exact) mass is 237 g/mol. The van der Waals surface area contributed by atoms with Crippen LogP contribution in [-0.2, 0) is 6.54 Å². The second-order valence-electron chi connectivity index (χ2n) is 4.35. The smallest absolute Gasteiger partial charge is 0.0357 e. The van der Waals surface area contributed by atoms with Crippen LogP contribution in [0.3, 0.4) is 0 Å². The van der Waals surface area contributed by atoms with E-state index < -0.39 is 0 Å². The van der Waals surface area contributed by atoms with Crippen molar-refractivity contribution in [3.8, 4) is 0 Å².